The van der Waals surface area contributed by atoms with Crippen molar-refractivity contribution in [3.63, 3.8) is 0 Å². The lowest BCUT2D eigenvalue weighted by atomic mass is 9.81. The SMILES string of the molecule is CCNC1CC2CCCC(C1)N2CC1CCN(C(C)C)C1. The molecule has 0 aromatic rings. The van der Waals surface area contributed by atoms with Crippen LogP contribution in [0.4, 0.5) is 0 Å². The van der Waals surface area contributed by atoms with Crippen LogP contribution >= 0.6 is 0 Å². The second kappa shape index (κ2) is 6.97. The monoisotopic (exact) mass is 293 g/mol. The van der Waals surface area contributed by atoms with Crippen molar-refractivity contribution in [1.29, 1.82) is 0 Å². The number of piperidine rings is 2. The highest BCUT2D eigenvalue weighted by Crippen LogP contribution is 2.35. The van der Waals surface area contributed by atoms with Crippen molar-refractivity contribution in [3.8, 4) is 0 Å². The maximum atomic E-state index is 3.71. The maximum absolute atomic E-state index is 3.71. The first kappa shape index (κ1) is 15.8. The third-order valence-corrected chi connectivity index (χ3v) is 6.14. The average Bonchev–Trinajstić information content (AvgIpc) is 2.88. The lowest BCUT2D eigenvalue weighted by molar-refractivity contribution is 0.0131. The van der Waals surface area contributed by atoms with Crippen LogP contribution in [0, 0.1) is 5.92 Å². The van der Waals surface area contributed by atoms with E-state index in [0.717, 1.165) is 36.6 Å². The highest BCUT2D eigenvalue weighted by atomic mass is 15.2. The predicted molar refractivity (Wildman–Crippen MR) is 89.6 cm³/mol. The molecule has 0 saturated carbocycles. The third kappa shape index (κ3) is 3.62. The average molecular weight is 293 g/mol. The molecule has 3 rings (SSSR count). The number of nitrogens with one attached hydrogen (secondary N) is 1. The molecule has 0 aromatic heterocycles. The summed E-state index contributed by atoms with van der Waals surface area (Å²) < 4.78 is 0. The van der Waals surface area contributed by atoms with Gasteiger partial charge in [-0.3, -0.25) is 4.90 Å². The molecule has 3 heteroatoms. The van der Waals surface area contributed by atoms with Crippen LogP contribution in [0.3, 0.4) is 0 Å². The molecule has 0 radical (unpaired) electrons. The van der Waals surface area contributed by atoms with E-state index in [-0.39, 0.29) is 0 Å². The van der Waals surface area contributed by atoms with E-state index < -0.39 is 0 Å². The summed E-state index contributed by atoms with van der Waals surface area (Å²) >= 11 is 0. The van der Waals surface area contributed by atoms with Crippen molar-refractivity contribution >= 4 is 0 Å². The van der Waals surface area contributed by atoms with E-state index in [9.17, 15) is 0 Å². The van der Waals surface area contributed by atoms with Gasteiger partial charge in [-0.2, -0.15) is 0 Å². The van der Waals surface area contributed by atoms with Crippen molar-refractivity contribution in [2.75, 3.05) is 26.2 Å². The minimum absolute atomic E-state index is 0.731. The van der Waals surface area contributed by atoms with Gasteiger partial charge in [0.15, 0.2) is 0 Å². The molecule has 3 aliphatic rings. The Bertz CT molecular complexity index is 316. The molecule has 3 atom stereocenters. The van der Waals surface area contributed by atoms with Gasteiger partial charge >= 0.3 is 0 Å². The van der Waals surface area contributed by atoms with Crippen molar-refractivity contribution in [1.82, 2.24) is 15.1 Å². The minimum atomic E-state index is 0.731. The molecule has 3 saturated heterocycles. The van der Waals surface area contributed by atoms with E-state index in [1.807, 2.05) is 0 Å². The Balaban J connectivity index is 1.56. The van der Waals surface area contributed by atoms with Crippen LogP contribution in [0.25, 0.3) is 0 Å². The molecule has 3 heterocycles. The number of rotatable bonds is 5. The van der Waals surface area contributed by atoms with Gasteiger partial charge in [-0.25, -0.2) is 0 Å². The Labute approximate surface area is 131 Å². The molecule has 0 spiro atoms. The molecule has 3 fully saturated rings. The van der Waals surface area contributed by atoms with Crippen LogP contribution in [-0.4, -0.2) is 60.1 Å². The minimum Gasteiger partial charge on any atom is -0.314 e. The smallest absolute Gasteiger partial charge is 0.0113 e. The molecule has 3 unspecified atom stereocenters. The maximum Gasteiger partial charge on any atom is 0.0113 e. The highest BCUT2D eigenvalue weighted by molar-refractivity contribution is 4.96. The van der Waals surface area contributed by atoms with Gasteiger partial charge in [0.1, 0.15) is 0 Å². The zero-order valence-electron chi connectivity index (χ0n) is 14.4. The van der Waals surface area contributed by atoms with E-state index in [4.69, 9.17) is 0 Å². The fourth-order valence-corrected chi connectivity index (χ4v) is 5.01. The molecule has 3 aliphatic heterocycles. The molecule has 0 aromatic carbocycles. The summed E-state index contributed by atoms with van der Waals surface area (Å²) in [7, 11) is 0. The van der Waals surface area contributed by atoms with Crippen LogP contribution in [0.2, 0.25) is 0 Å². The molecular formula is C18H35N3. The molecule has 3 nitrogen and oxygen atoms in total. The van der Waals surface area contributed by atoms with E-state index in [1.165, 1.54) is 58.2 Å². The number of hydrogen-bond donors (Lipinski definition) is 1. The largest absolute Gasteiger partial charge is 0.314 e. The Morgan fingerprint density at radius 1 is 1.10 bits per heavy atom. The number of fused-ring (bicyclic) bond motifs is 2. The highest BCUT2D eigenvalue weighted by Gasteiger charge is 2.39. The lowest BCUT2D eigenvalue weighted by Crippen LogP contribution is -2.57. The number of hydrogen-bond acceptors (Lipinski definition) is 3. The Kier molecular flexibility index (Phi) is 5.23. The molecule has 122 valence electrons. The normalized spacial score (nSPS) is 38.3. The van der Waals surface area contributed by atoms with Gasteiger partial charge in [0.05, 0.1) is 0 Å². The molecule has 1 N–H and O–H groups in total. The van der Waals surface area contributed by atoms with Gasteiger partial charge < -0.3 is 10.2 Å². The standard InChI is InChI=1S/C18H35N3/c1-4-19-16-10-17-6-5-7-18(11-16)21(17)13-15-8-9-20(12-15)14(2)3/h14-19H,4-13H2,1-3H3. The summed E-state index contributed by atoms with van der Waals surface area (Å²) in [4.78, 5) is 5.59. The summed E-state index contributed by atoms with van der Waals surface area (Å²) in [5, 5.41) is 3.71. The molecular weight excluding hydrogens is 258 g/mol. The Hall–Kier alpha value is -0.120. The first-order valence-electron chi connectivity index (χ1n) is 9.40. The van der Waals surface area contributed by atoms with Crippen LogP contribution in [0.1, 0.15) is 59.3 Å². The third-order valence-electron chi connectivity index (χ3n) is 6.14. The quantitative estimate of drug-likeness (QED) is 0.841. The zero-order chi connectivity index (χ0) is 14.8. The van der Waals surface area contributed by atoms with Gasteiger partial charge in [0.25, 0.3) is 0 Å². The van der Waals surface area contributed by atoms with E-state index >= 15 is 0 Å². The van der Waals surface area contributed by atoms with Crippen LogP contribution < -0.4 is 5.32 Å². The van der Waals surface area contributed by atoms with E-state index in [1.54, 1.807) is 0 Å². The molecule has 21 heavy (non-hydrogen) atoms. The van der Waals surface area contributed by atoms with Crippen LogP contribution in [-0.2, 0) is 0 Å². The van der Waals surface area contributed by atoms with Gasteiger partial charge in [-0.15, -0.1) is 0 Å². The fraction of sp³-hybridized carbons (Fsp3) is 1.00. The second-order valence-corrected chi connectivity index (χ2v) is 7.90. The van der Waals surface area contributed by atoms with Crippen LogP contribution in [0.5, 0.6) is 0 Å². The van der Waals surface area contributed by atoms with Gasteiger partial charge in [-0.1, -0.05) is 13.3 Å². The first-order chi connectivity index (χ1) is 10.2. The summed E-state index contributed by atoms with van der Waals surface area (Å²) in [5.41, 5.74) is 0. The Morgan fingerprint density at radius 2 is 1.81 bits per heavy atom. The number of nitrogens with zero attached hydrogens (tertiary/aromatic N) is 2. The van der Waals surface area contributed by atoms with Crippen molar-refractivity contribution in [2.24, 2.45) is 5.92 Å². The zero-order valence-corrected chi connectivity index (χ0v) is 14.4. The molecule has 2 bridgehead atoms. The lowest BCUT2D eigenvalue weighted by Gasteiger charge is -2.50. The van der Waals surface area contributed by atoms with Gasteiger partial charge in [-0.05, 0) is 65.0 Å². The van der Waals surface area contributed by atoms with Crippen molar-refractivity contribution in [2.45, 2.75) is 83.5 Å². The summed E-state index contributed by atoms with van der Waals surface area (Å²) in [6.07, 6.45) is 8.56. The summed E-state index contributed by atoms with van der Waals surface area (Å²) in [6.45, 7) is 12.1. The second-order valence-electron chi connectivity index (χ2n) is 7.90. The van der Waals surface area contributed by atoms with Crippen LogP contribution in [0.15, 0.2) is 0 Å². The topological polar surface area (TPSA) is 18.5 Å². The summed E-state index contributed by atoms with van der Waals surface area (Å²) in [6, 6.07) is 3.26. The van der Waals surface area contributed by atoms with Crippen molar-refractivity contribution < 1.29 is 0 Å². The fourth-order valence-electron chi connectivity index (χ4n) is 5.01. The first-order valence-corrected chi connectivity index (χ1v) is 9.40. The Morgan fingerprint density at radius 3 is 2.38 bits per heavy atom. The predicted octanol–water partition coefficient (Wildman–Crippen LogP) is 2.71. The van der Waals surface area contributed by atoms with Gasteiger partial charge in [0, 0.05) is 37.3 Å². The molecule has 0 amide bonds. The van der Waals surface area contributed by atoms with Gasteiger partial charge in [0.2, 0.25) is 0 Å². The number of likely N-dealkylation sites (tertiary alicyclic amines) is 1. The summed E-state index contributed by atoms with van der Waals surface area (Å²) in [5.74, 6) is 0.922. The molecule has 0 aliphatic carbocycles. The van der Waals surface area contributed by atoms with E-state index in [2.05, 4.69) is 35.9 Å². The van der Waals surface area contributed by atoms with E-state index in [0.29, 0.717) is 0 Å². The van der Waals surface area contributed by atoms with Crippen molar-refractivity contribution in [3.05, 3.63) is 0 Å².